The maximum atomic E-state index is 12.4. The quantitative estimate of drug-likeness (QED) is 0.296. The van der Waals surface area contributed by atoms with Crippen LogP contribution in [-0.4, -0.2) is 19.1 Å². The third kappa shape index (κ3) is 7.14. The summed E-state index contributed by atoms with van der Waals surface area (Å²) in [6.45, 7) is 1.19. The molecule has 5 heteroatoms. The molecule has 0 spiro atoms. The summed E-state index contributed by atoms with van der Waals surface area (Å²) in [6.07, 6.45) is 0.849. The maximum Gasteiger partial charge on any atom is 0.243 e. The molecule has 4 rings (SSSR count). The van der Waals surface area contributed by atoms with Gasteiger partial charge >= 0.3 is 0 Å². The lowest BCUT2D eigenvalue weighted by Gasteiger charge is -2.13. The van der Waals surface area contributed by atoms with E-state index in [9.17, 15) is 4.79 Å². The minimum absolute atomic E-state index is 0.126. The predicted molar refractivity (Wildman–Crippen MR) is 136 cm³/mol. The Morgan fingerprint density at radius 2 is 1.32 bits per heavy atom. The Hall–Kier alpha value is -4.25. The SMILES string of the molecule is O=C(CNc1ccccc1OCc1ccccc1)Nc1ccc(OCCc2ccccc2)cc1. The van der Waals surface area contributed by atoms with E-state index in [1.807, 2.05) is 97.1 Å². The summed E-state index contributed by atoms with van der Waals surface area (Å²) in [5.74, 6) is 1.34. The Morgan fingerprint density at radius 1 is 0.676 bits per heavy atom. The lowest BCUT2D eigenvalue weighted by molar-refractivity contribution is -0.114. The second-order valence-electron chi connectivity index (χ2n) is 7.78. The van der Waals surface area contributed by atoms with Crippen molar-refractivity contribution < 1.29 is 14.3 Å². The van der Waals surface area contributed by atoms with Gasteiger partial charge in [-0.15, -0.1) is 0 Å². The fraction of sp³-hybridized carbons (Fsp3) is 0.138. The van der Waals surface area contributed by atoms with Crippen LogP contribution in [0.15, 0.2) is 109 Å². The first kappa shape index (κ1) is 22.9. The van der Waals surface area contributed by atoms with Gasteiger partial charge in [0.15, 0.2) is 0 Å². The number of carbonyl (C=O) groups excluding carboxylic acids is 1. The van der Waals surface area contributed by atoms with Crippen LogP contribution in [-0.2, 0) is 17.8 Å². The second kappa shape index (κ2) is 12.1. The molecular weight excluding hydrogens is 424 g/mol. The number of para-hydroxylation sites is 2. The van der Waals surface area contributed by atoms with E-state index in [0.29, 0.717) is 19.0 Å². The van der Waals surface area contributed by atoms with E-state index in [1.54, 1.807) is 0 Å². The first-order valence-corrected chi connectivity index (χ1v) is 11.3. The molecular formula is C29H28N2O3. The summed E-state index contributed by atoms with van der Waals surface area (Å²) in [6, 6.07) is 35.2. The van der Waals surface area contributed by atoms with Crippen LogP contribution in [0.5, 0.6) is 11.5 Å². The van der Waals surface area contributed by atoms with Gasteiger partial charge in [0.05, 0.1) is 18.8 Å². The van der Waals surface area contributed by atoms with Gasteiger partial charge < -0.3 is 20.1 Å². The van der Waals surface area contributed by atoms with Crippen molar-refractivity contribution in [2.45, 2.75) is 13.0 Å². The number of carbonyl (C=O) groups is 1. The van der Waals surface area contributed by atoms with Gasteiger partial charge in [-0.25, -0.2) is 0 Å². The Labute approximate surface area is 200 Å². The van der Waals surface area contributed by atoms with E-state index in [0.717, 1.165) is 29.1 Å². The van der Waals surface area contributed by atoms with Crippen LogP contribution in [0.4, 0.5) is 11.4 Å². The highest BCUT2D eigenvalue weighted by atomic mass is 16.5. The predicted octanol–water partition coefficient (Wildman–Crippen LogP) is 5.94. The molecule has 0 aromatic heterocycles. The van der Waals surface area contributed by atoms with Crippen molar-refractivity contribution in [1.82, 2.24) is 0 Å². The topological polar surface area (TPSA) is 59.6 Å². The number of ether oxygens (including phenoxy) is 2. The number of rotatable bonds is 11. The van der Waals surface area contributed by atoms with Crippen LogP contribution in [0.3, 0.4) is 0 Å². The van der Waals surface area contributed by atoms with Crippen molar-refractivity contribution >= 4 is 17.3 Å². The molecule has 0 aliphatic rings. The van der Waals surface area contributed by atoms with Gasteiger partial charge in [0.1, 0.15) is 18.1 Å². The molecule has 2 N–H and O–H groups in total. The zero-order chi connectivity index (χ0) is 23.4. The smallest absolute Gasteiger partial charge is 0.243 e. The fourth-order valence-corrected chi connectivity index (χ4v) is 3.42. The minimum atomic E-state index is -0.143. The molecule has 1 amide bonds. The highest BCUT2D eigenvalue weighted by Crippen LogP contribution is 2.24. The minimum Gasteiger partial charge on any atom is -0.493 e. The van der Waals surface area contributed by atoms with Gasteiger partial charge in [-0.05, 0) is 47.5 Å². The van der Waals surface area contributed by atoms with Crippen LogP contribution in [0.1, 0.15) is 11.1 Å². The molecule has 5 nitrogen and oxygen atoms in total. The second-order valence-corrected chi connectivity index (χ2v) is 7.78. The molecule has 0 unspecified atom stereocenters. The molecule has 4 aromatic rings. The number of hydrogen-bond acceptors (Lipinski definition) is 4. The summed E-state index contributed by atoms with van der Waals surface area (Å²) < 4.78 is 11.7. The van der Waals surface area contributed by atoms with Crippen LogP contribution < -0.4 is 20.1 Å². The highest BCUT2D eigenvalue weighted by Gasteiger charge is 2.07. The number of amides is 1. The Bertz CT molecular complexity index is 1160. The summed E-state index contributed by atoms with van der Waals surface area (Å²) in [7, 11) is 0. The zero-order valence-electron chi connectivity index (χ0n) is 18.9. The van der Waals surface area contributed by atoms with Crippen molar-refractivity contribution in [2.24, 2.45) is 0 Å². The first-order valence-electron chi connectivity index (χ1n) is 11.3. The molecule has 4 aromatic carbocycles. The first-order chi connectivity index (χ1) is 16.8. The van der Waals surface area contributed by atoms with Crippen molar-refractivity contribution in [3.63, 3.8) is 0 Å². The third-order valence-corrected chi connectivity index (χ3v) is 5.20. The fourth-order valence-electron chi connectivity index (χ4n) is 3.42. The van der Waals surface area contributed by atoms with Crippen molar-refractivity contribution in [3.8, 4) is 11.5 Å². The van der Waals surface area contributed by atoms with Crippen LogP contribution in [0.2, 0.25) is 0 Å². The lowest BCUT2D eigenvalue weighted by atomic mass is 10.2. The standard InChI is InChI=1S/C29H28N2O3/c32-29(21-30-27-13-7-8-14-28(27)34-22-24-11-5-2-6-12-24)31-25-15-17-26(18-16-25)33-20-19-23-9-3-1-4-10-23/h1-18,30H,19-22H2,(H,31,32). The number of benzene rings is 4. The van der Waals surface area contributed by atoms with Gasteiger partial charge in [-0.2, -0.15) is 0 Å². The normalized spacial score (nSPS) is 10.4. The average molecular weight is 453 g/mol. The summed E-state index contributed by atoms with van der Waals surface area (Å²) in [4.78, 5) is 12.4. The van der Waals surface area contributed by atoms with Crippen molar-refractivity contribution in [1.29, 1.82) is 0 Å². The lowest BCUT2D eigenvalue weighted by Crippen LogP contribution is -2.22. The maximum absolute atomic E-state index is 12.4. The Balaban J connectivity index is 1.22. The zero-order valence-corrected chi connectivity index (χ0v) is 18.9. The van der Waals surface area contributed by atoms with Gasteiger partial charge in [-0.1, -0.05) is 72.8 Å². The number of hydrogen-bond donors (Lipinski definition) is 2. The monoisotopic (exact) mass is 452 g/mol. The van der Waals surface area contributed by atoms with Gasteiger partial charge in [0.25, 0.3) is 0 Å². The van der Waals surface area contributed by atoms with Gasteiger partial charge in [0, 0.05) is 12.1 Å². The molecule has 172 valence electrons. The van der Waals surface area contributed by atoms with E-state index in [4.69, 9.17) is 9.47 Å². The molecule has 0 aliphatic heterocycles. The number of nitrogens with one attached hydrogen (secondary N) is 2. The van der Waals surface area contributed by atoms with Crippen LogP contribution in [0.25, 0.3) is 0 Å². The molecule has 0 aliphatic carbocycles. The molecule has 0 atom stereocenters. The summed E-state index contributed by atoms with van der Waals surface area (Å²) >= 11 is 0. The van der Waals surface area contributed by atoms with E-state index < -0.39 is 0 Å². The molecule has 0 saturated carbocycles. The largest absolute Gasteiger partial charge is 0.493 e. The van der Waals surface area contributed by atoms with E-state index in [-0.39, 0.29) is 12.5 Å². The molecule has 0 bridgehead atoms. The van der Waals surface area contributed by atoms with Crippen LogP contribution in [0, 0.1) is 0 Å². The van der Waals surface area contributed by atoms with E-state index >= 15 is 0 Å². The van der Waals surface area contributed by atoms with Crippen LogP contribution >= 0.6 is 0 Å². The molecule has 34 heavy (non-hydrogen) atoms. The van der Waals surface area contributed by atoms with E-state index in [1.165, 1.54) is 5.56 Å². The summed E-state index contributed by atoms with van der Waals surface area (Å²) in [5.41, 5.74) is 3.82. The number of anilines is 2. The van der Waals surface area contributed by atoms with Gasteiger partial charge in [-0.3, -0.25) is 4.79 Å². The molecule has 0 radical (unpaired) electrons. The van der Waals surface area contributed by atoms with Gasteiger partial charge in [0.2, 0.25) is 5.91 Å². The summed E-state index contributed by atoms with van der Waals surface area (Å²) in [5, 5.41) is 6.06. The highest BCUT2D eigenvalue weighted by molar-refractivity contribution is 5.94. The average Bonchev–Trinajstić information content (AvgIpc) is 2.89. The molecule has 0 heterocycles. The Kier molecular flexibility index (Phi) is 8.17. The Morgan fingerprint density at radius 3 is 2.06 bits per heavy atom. The van der Waals surface area contributed by atoms with Crippen molar-refractivity contribution in [2.75, 3.05) is 23.8 Å². The van der Waals surface area contributed by atoms with Crippen molar-refractivity contribution in [3.05, 3.63) is 120 Å². The molecule has 0 saturated heterocycles. The third-order valence-electron chi connectivity index (χ3n) is 5.20. The molecule has 0 fully saturated rings. The van der Waals surface area contributed by atoms with E-state index in [2.05, 4.69) is 22.8 Å².